The average Bonchev–Trinajstić information content (AvgIpc) is 2.85. The van der Waals surface area contributed by atoms with Gasteiger partial charge in [-0.05, 0) is 17.7 Å². The average molecular weight is 466 g/mol. The molecule has 0 N–H and O–H groups in total. The predicted molar refractivity (Wildman–Crippen MR) is 120 cm³/mol. The standard InChI is InChI=1S/C23H23N5O4S/c24-16-19-8-4-5-9-21(19)33(31,32)27-14-12-26(13-15-27)23(30)20-10-11-22(29)28(25-20)17-18-6-2-1-3-7-18/h1-9H,10-15,17H2. The monoisotopic (exact) mass is 465 g/mol. The maximum atomic E-state index is 13.0. The van der Waals surface area contributed by atoms with E-state index in [4.69, 9.17) is 0 Å². The topological polar surface area (TPSA) is 114 Å². The van der Waals surface area contributed by atoms with Crippen LogP contribution in [0.25, 0.3) is 0 Å². The molecule has 0 radical (unpaired) electrons. The molecule has 9 nitrogen and oxygen atoms in total. The zero-order chi connectivity index (χ0) is 23.4. The molecule has 1 saturated heterocycles. The molecule has 0 unspecified atom stereocenters. The fourth-order valence-corrected chi connectivity index (χ4v) is 5.44. The summed E-state index contributed by atoms with van der Waals surface area (Å²) in [5.41, 5.74) is 1.31. The van der Waals surface area contributed by atoms with E-state index in [1.165, 1.54) is 21.4 Å². The molecule has 0 spiro atoms. The summed E-state index contributed by atoms with van der Waals surface area (Å²) in [4.78, 5) is 26.9. The highest BCUT2D eigenvalue weighted by atomic mass is 32.2. The van der Waals surface area contributed by atoms with Crippen molar-refractivity contribution in [2.45, 2.75) is 24.3 Å². The molecular formula is C23H23N5O4S. The van der Waals surface area contributed by atoms with Gasteiger partial charge in [0.2, 0.25) is 15.9 Å². The Kier molecular flexibility index (Phi) is 6.53. The van der Waals surface area contributed by atoms with E-state index in [0.29, 0.717) is 12.3 Å². The van der Waals surface area contributed by atoms with Crippen molar-refractivity contribution in [3.05, 3.63) is 65.7 Å². The predicted octanol–water partition coefficient (Wildman–Crippen LogP) is 1.57. The number of carbonyl (C=O) groups is 2. The number of piperazine rings is 1. The Hall–Kier alpha value is -3.55. The van der Waals surface area contributed by atoms with Gasteiger partial charge in [0.15, 0.2) is 0 Å². The van der Waals surface area contributed by atoms with Crippen LogP contribution in [-0.2, 0) is 26.2 Å². The van der Waals surface area contributed by atoms with Gasteiger partial charge in [0.25, 0.3) is 5.91 Å². The summed E-state index contributed by atoms with van der Waals surface area (Å²) < 4.78 is 27.3. The largest absolute Gasteiger partial charge is 0.335 e. The van der Waals surface area contributed by atoms with E-state index >= 15 is 0 Å². The molecule has 4 rings (SSSR count). The van der Waals surface area contributed by atoms with Crippen LogP contribution in [0.3, 0.4) is 0 Å². The molecule has 0 bridgehead atoms. The van der Waals surface area contributed by atoms with Crippen molar-refractivity contribution in [3.8, 4) is 6.07 Å². The van der Waals surface area contributed by atoms with Gasteiger partial charge in [0.05, 0.1) is 17.0 Å². The van der Waals surface area contributed by atoms with E-state index in [1.807, 2.05) is 36.4 Å². The van der Waals surface area contributed by atoms with Gasteiger partial charge >= 0.3 is 0 Å². The highest BCUT2D eigenvalue weighted by Crippen LogP contribution is 2.22. The molecule has 0 saturated carbocycles. The zero-order valence-corrected chi connectivity index (χ0v) is 18.7. The molecule has 0 aliphatic carbocycles. The zero-order valence-electron chi connectivity index (χ0n) is 17.9. The van der Waals surface area contributed by atoms with Crippen LogP contribution in [0.2, 0.25) is 0 Å². The number of hydrazone groups is 1. The Bertz CT molecular complexity index is 1230. The molecule has 2 aromatic rings. The summed E-state index contributed by atoms with van der Waals surface area (Å²) in [6.45, 7) is 0.944. The van der Waals surface area contributed by atoms with Crippen LogP contribution in [0.15, 0.2) is 64.6 Å². The molecule has 2 aliphatic rings. The van der Waals surface area contributed by atoms with Gasteiger partial charge in [0, 0.05) is 39.0 Å². The van der Waals surface area contributed by atoms with Gasteiger partial charge < -0.3 is 4.90 Å². The van der Waals surface area contributed by atoms with Crippen molar-refractivity contribution < 1.29 is 18.0 Å². The molecule has 0 atom stereocenters. The first-order chi connectivity index (χ1) is 15.9. The van der Waals surface area contributed by atoms with Gasteiger partial charge in [-0.2, -0.15) is 14.7 Å². The van der Waals surface area contributed by atoms with E-state index < -0.39 is 10.0 Å². The minimum Gasteiger partial charge on any atom is -0.335 e. The number of rotatable bonds is 5. The van der Waals surface area contributed by atoms with Crippen molar-refractivity contribution in [2.24, 2.45) is 5.10 Å². The number of carbonyl (C=O) groups excluding carboxylic acids is 2. The maximum absolute atomic E-state index is 13.0. The van der Waals surface area contributed by atoms with Crippen LogP contribution in [0.5, 0.6) is 0 Å². The number of nitriles is 1. The summed E-state index contributed by atoms with van der Waals surface area (Å²) in [7, 11) is -3.84. The van der Waals surface area contributed by atoms with Gasteiger partial charge in [-0.1, -0.05) is 42.5 Å². The Morgan fingerprint density at radius 1 is 0.970 bits per heavy atom. The molecule has 33 heavy (non-hydrogen) atoms. The SMILES string of the molecule is N#Cc1ccccc1S(=O)(=O)N1CCN(C(=O)C2=NN(Cc3ccccc3)C(=O)CC2)CC1. The van der Waals surface area contributed by atoms with Crippen LogP contribution < -0.4 is 0 Å². The molecule has 2 heterocycles. The smallest absolute Gasteiger partial charge is 0.270 e. The number of hydrogen-bond acceptors (Lipinski definition) is 6. The second-order valence-corrected chi connectivity index (χ2v) is 9.69. The van der Waals surface area contributed by atoms with Gasteiger partial charge in [-0.25, -0.2) is 13.4 Å². The molecule has 2 amide bonds. The van der Waals surface area contributed by atoms with Crippen LogP contribution in [-0.4, -0.2) is 66.3 Å². The molecule has 2 aliphatic heterocycles. The fourth-order valence-electron chi connectivity index (χ4n) is 3.87. The molecule has 1 fully saturated rings. The number of amides is 2. The van der Waals surface area contributed by atoms with E-state index in [0.717, 1.165) is 5.56 Å². The first-order valence-corrected chi connectivity index (χ1v) is 12.0. The maximum Gasteiger partial charge on any atom is 0.270 e. The van der Waals surface area contributed by atoms with Crippen LogP contribution in [0.4, 0.5) is 0 Å². The number of benzene rings is 2. The highest BCUT2D eigenvalue weighted by molar-refractivity contribution is 7.89. The first kappa shape index (κ1) is 22.6. The lowest BCUT2D eigenvalue weighted by Crippen LogP contribution is -2.52. The van der Waals surface area contributed by atoms with Crippen molar-refractivity contribution >= 4 is 27.5 Å². The van der Waals surface area contributed by atoms with E-state index in [1.54, 1.807) is 17.0 Å². The molecule has 0 aromatic heterocycles. The second kappa shape index (κ2) is 9.52. The lowest BCUT2D eigenvalue weighted by atomic mass is 10.1. The number of nitrogens with zero attached hydrogens (tertiary/aromatic N) is 5. The third kappa shape index (κ3) is 4.79. The molecular weight excluding hydrogens is 442 g/mol. The molecule has 170 valence electrons. The Balaban J connectivity index is 1.43. The minimum absolute atomic E-state index is 0.0287. The van der Waals surface area contributed by atoms with Crippen molar-refractivity contribution in [3.63, 3.8) is 0 Å². The van der Waals surface area contributed by atoms with Crippen molar-refractivity contribution in [1.29, 1.82) is 5.26 Å². The molecule has 2 aromatic carbocycles. The van der Waals surface area contributed by atoms with Crippen LogP contribution in [0.1, 0.15) is 24.0 Å². The van der Waals surface area contributed by atoms with E-state index in [-0.39, 0.29) is 61.3 Å². The normalized spacial score (nSPS) is 17.4. The Morgan fingerprint density at radius 3 is 2.33 bits per heavy atom. The summed E-state index contributed by atoms with van der Waals surface area (Å²) in [6, 6.07) is 17.4. The van der Waals surface area contributed by atoms with Crippen molar-refractivity contribution in [1.82, 2.24) is 14.2 Å². The van der Waals surface area contributed by atoms with E-state index in [2.05, 4.69) is 5.10 Å². The molecule has 10 heteroatoms. The van der Waals surface area contributed by atoms with Crippen molar-refractivity contribution in [2.75, 3.05) is 26.2 Å². The lowest BCUT2D eigenvalue weighted by molar-refractivity contribution is -0.132. The van der Waals surface area contributed by atoms with Crippen LogP contribution >= 0.6 is 0 Å². The summed E-state index contributed by atoms with van der Waals surface area (Å²) in [5, 5.41) is 14.9. The van der Waals surface area contributed by atoms with Gasteiger partial charge in [0.1, 0.15) is 11.8 Å². The summed E-state index contributed by atoms with van der Waals surface area (Å²) >= 11 is 0. The second-order valence-electron chi connectivity index (χ2n) is 7.79. The van der Waals surface area contributed by atoms with Gasteiger partial charge in [-0.3, -0.25) is 9.59 Å². The summed E-state index contributed by atoms with van der Waals surface area (Å²) in [6.07, 6.45) is 0.466. The quantitative estimate of drug-likeness (QED) is 0.665. The number of sulfonamides is 1. The number of hydrogen-bond donors (Lipinski definition) is 0. The van der Waals surface area contributed by atoms with Crippen LogP contribution in [0, 0.1) is 11.3 Å². The Labute approximate surface area is 192 Å². The minimum atomic E-state index is -3.84. The third-order valence-electron chi connectivity index (χ3n) is 5.68. The first-order valence-electron chi connectivity index (χ1n) is 10.6. The summed E-state index contributed by atoms with van der Waals surface area (Å²) in [5.74, 6) is -0.419. The van der Waals surface area contributed by atoms with Gasteiger partial charge in [-0.15, -0.1) is 0 Å². The lowest BCUT2D eigenvalue weighted by Gasteiger charge is -2.35. The van der Waals surface area contributed by atoms with E-state index in [9.17, 15) is 23.3 Å². The highest BCUT2D eigenvalue weighted by Gasteiger charge is 2.34. The third-order valence-corrected chi connectivity index (χ3v) is 7.63. The fraction of sp³-hybridized carbons (Fsp3) is 0.304. The Morgan fingerprint density at radius 2 is 1.64 bits per heavy atom.